The number of nitro benzene ring substituents is 1. The Kier molecular flexibility index (Phi) is 6.66. The van der Waals surface area contributed by atoms with Crippen LogP contribution >= 0.6 is 0 Å². The molecule has 0 amide bonds. The predicted molar refractivity (Wildman–Crippen MR) is 75.3 cm³/mol. The van der Waals surface area contributed by atoms with Crippen LogP contribution in [0.2, 0.25) is 0 Å². The van der Waals surface area contributed by atoms with Gasteiger partial charge in [-0.3, -0.25) is 19.8 Å². The van der Waals surface area contributed by atoms with E-state index in [0.29, 0.717) is 13.2 Å². The summed E-state index contributed by atoms with van der Waals surface area (Å²) in [5, 5.41) is 10.7. The first-order valence-electron chi connectivity index (χ1n) is 6.68. The van der Waals surface area contributed by atoms with Gasteiger partial charge in [-0.05, 0) is 25.5 Å². The fourth-order valence-corrected chi connectivity index (χ4v) is 1.95. The smallest absolute Gasteiger partial charge is 0.320 e. The standard InChI is InChI=1S/C14H20N2O4/c1-3-8-15(11-14(17)20-4-2)10-12-6-5-7-13(9-12)16(18)19/h5-7,9H,3-4,8,10-11H2,1-2H3. The monoisotopic (exact) mass is 280 g/mol. The van der Waals surface area contributed by atoms with Crippen LogP contribution in [0.5, 0.6) is 0 Å². The van der Waals surface area contributed by atoms with Gasteiger partial charge in [-0.2, -0.15) is 0 Å². The fraction of sp³-hybridized carbons (Fsp3) is 0.500. The van der Waals surface area contributed by atoms with Crippen LogP contribution in [0, 0.1) is 10.1 Å². The van der Waals surface area contributed by atoms with Gasteiger partial charge in [0, 0.05) is 18.7 Å². The van der Waals surface area contributed by atoms with Crippen molar-refractivity contribution in [3.8, 4) is 0 Å². The number of carbonyl (C=O) groups is 1. The number of hydrogen-bond acceptors (Lipinski definition) is 5. The van der Waals surface area contributed by atoms with Crippen LogP contribution in [0.1, 0.15) is 25.8 Å². The predicted octanol–water partition coefficient (Wildman–Crippen LogP) is 2.37. The molecule has 0 heterocycles. The Balaban J connectivity index is 2.71. The van der Waals surface area contributed by atoms with Crippen molar-refractivity contribution in [2.75, 3.05) is 19.7 Å². The van der Waals surface area contributed by atoms with E-state index in [2.05, 4.69) is 0 Å². The molecule has 0 bridgehead atoms. The van der Waals surface area contributed by atoms with Crippen molar-refractivity contribution in [3.05, 3.63) is 39.9 Å². The van der Waals surface area contributed by atoms with Crippen LogP contribution in [-0.4, -0.2) is 35.5 Å². The molecule has 110 valence electrons. The maximum atomic E-state index is 11.5. The lowest BCUT2D eigenvalue weighted by molar-refractivity contribution is -0.384. The van der Waals surface area contributed by atoms with Crippen molar-refractivity contribution in [1.82, 2.24) is 4.90 Å². The summed E-state index contributed by atoms with van der Waals surface area (Å²) in [6, 6.07) is 6.47. The third-order valence-electron chi connectivity index (χ3n) is 2.73. The molecule has 0 unspecified atom stereocenters. The number of nitrogens with zero attached hydrogens (tertiary/aromatic N) is 2. The van der Waals surface area contributed by atoms with E-state index < -0.39 is 4.92 Å². The Bertz CT molecular complexity index is 462. The molecule has 1 rings (SSSR count). The molecule has 0 N–H and O–H groups in total. The minimum atomic E-state index is -0.418. The van der Waals surface area contributed by atoms with Crippen molar-refractivity contribution >= 4 is 11.7 Å². The zero-order valence-corrected chi connectivity index (χ0v) is 11.9. The summed E-state index contributed by atoms with van der Waals surface area (Å²) in [6.45, 7) is 5.57. The van der Waals surface area contributed by atoms with Gasteiger partial charge in [0.15, 0.2) is 0 Å². The molecular formula is C14H20N2O4. The zero-order valence-electron chi connectivity index (χ0n) is 11.9. The molecule has 0 fully saturated rings. The second-order valence-corrected chi connectivity index (χ2v) is 4.44. The van der Waals surface area contributed by atoms with Crippen LogP contribution in [0.4, 0.5) is 5.69 Å². The summed E-state index contributed by atoms with van der Waals surface area (Å²) < 4.78 is 4.93. The van der Waals surface area contributed by atoms with E-state index in [4.69, 9.17) is 4.74 Å². The van der Waals surface area contributed by atoms with Crippen LogP contribution in [0.25, 0.3) is 0 Å². The maximum Gasteiger partial charge on any atom is 0.320 e. The van der Waals surface area contributed by atoms with Crippen molar-refractivity contribution in [2.45, 2.75) is 26.8 Å². The van der Waals surface area contributed by atoms with Crippen molar-refractivity contribution in [3.63, 3.8) is 0 Å². The first kappa shape index (κ1) is 16.1. The van der Waals surface area contributed by atoms with E-state index in [-0.39, 0.29) is 18.2 Å². The van der Waals surface area contributed by atoms with Crippen molar-refractivity contribution < 1.29 is 14.5 Å². The van der Waals surface area contributed by atoms with Gasteiger partial charge in [0.25, 0.3) is 5.69 Å². The Morgan fingerprint density at radius 1 is 1.40 bits per heavy atom. The van der Waals surface area contributed by atoms with Crippen LogP contribution in [0.3, 0.4) is 0 Å². The largest absolute Gasteiger partial charge is 0.465 e. The van der Waals surface area contributed by atoms with E-state index in [1.807, 2.05) is 17.9 Å². The highest BCUT2D eigenvalue weighted by Crippen LogP contribution is 2.15. The topological polar surface area (TPSA) is 72.7 Å². The number of esters is 1. The Morgan fingerprint density at radius 3 is 2.75 bits per heavy atom. The van der Waals surface area contributed by atoms with Crippen molar-refractivity contribution in [2.24, 2.45) is 0 Å². The quantitative estimate of drug-likeness (QED) is 0.415. The molecule has 1 aromatic rings. The molecule has 0 saturated heterocycles. The normalized spacial score (nSPS) is 10.6. The second kappa shape index (κ2) is 8.27. The molecule has 0 aliphatic heterocycles. The van der Waals surface area contributed by atoms with Gasteiger partial charge in [0.05, 0.1) is 18.1 Å². The Labute approximate surface area is 118 Å². The molecular weight excluding hydrogens is 260 g/mol. The van der Waals surface area contributed by atoms with Crippen LogP contribution < -0.4 is 0 Å². The minimum absolute atomic E-state index is 0.0649. The Hall–Kier alpha value is -1.95. The molecule has 0 spiro atoms. The maximum absolute atomic E-state index is 11.5. The average Bonchev–Trinajstić information content (AvgIpc) is 2.39. The third kappa shape index (κ3) is 5.36. The molecule has 0 aliphatic rings. The number of rotatable bonds is 8. The summed E-state index contributed by atoms with van der Waals surface area (Å²) in [4.78, 5) is 23.8. The van der Waals surface area contributed by atoms with Gasteiger partial charge in [-0.25, -0.2) is 0 Å². The number of carbonyl (C=O) groups excluding carboxylic acids is 1. The first-order chi connectivity index (χ1) is 9.56. The molecule has 0 saturated carbocycles. The molecule has 1 aromatic carbocycles. The van der Waals surface area contributed by atoms with Gasteiger partial charge in [-0.1, -0.05) is 19.1 Å². The van der Waals surface area contributed by atoms with Gasteiger partial charge >= 0.3 is 5.97 Å². The number of hydrogen-bond donors (Lipinski definition) is 0. The lowest BCUT2D eigenvalue weighted by Crippen LogP contribution is -2.31. The SMILES string of the molecule is CCCN(CC(=O)OCC)Cc1cccc([N+](=O)[O-])c1. The summed E-state index contributed by atoms with van der Waals surface area (Å²) in [6.07, 6.45) is 0.897. The second-order valence-electron chi connectivity index (χ2n) is 4.44. The van der Waals surface area contributed by atoms with E-state index in [9.17, 15) is 14.9 Å². The molecule has 0 aliphatic carbocycles. The summed E-state index contributed by atoms with van der Waals surface area (Å²) in [5.41, 5.74) is 0.882. The minimum Gasteiger partial charge on any atom is -0.465 e. The average molecular weight is 280 g/mol. The molecule has 6 heteroatoms. The zero-order chi connectivity index (χ0) is 15.0. The molecule has 6 nitrogen and oxygen atoms in total. The highest BCUT2D eigenvalue weighted by molar-refractivity contribution is 5.71. The van der Waals surface area contributed by atoms with Gasteiger partial charge in [0.2, 0.25) is 0 Å². The molecule has 0 radical (unpaired) electrons. The lowest BCUT2D eigenvalue weighted by atomic mass is 10.2. The van der Waals surface area contributed by atoms with E-state index in [0.717, 1.165) is 18.5 Å². The third-order valence-corrected chi connectivity index (χ3v) is 2.73. The number of nitro groups is 1. The van der Waals surface area contributed by atoms with Gasteiger partial charge in [0.1, 0.15) is 0 Å². The number of ether oxygens (including phenoxy) is 1. The highest BCUT2D eigenvalue weighted by Gasteiger charge is 2.13. The van der Waals surface area contributed by atoms with Crippen molar-refractivity contribution in [1.29, 1.82) is 0 Å². The fourth-order valence-electron chi connectivity index (χ4n) is 1.95. The highest BCUT2D eigenvalue weighted by atomic mass is 16.6. The van der Waals surface area contributed by atoms with Gasteiger partial charge in [-0.15, -0.1) is 0 Å². The van der Waals surface area contributed by atoms with Crippen LogP contribution in [-0.2, 0) is 16.1 Å². The Morgan fingerprint density at radius 2 is 2.15 bits per heavy atom. The number of non-ortho nitro benzene ring substituents is 1. The van der Waals surface area contributed by atoms with E-state index >= 15 is 0 Å². The first-order valence-corrected chi connectivity index (χ1v) is 6.68. The summed E-state index contributed by atoms with van der Waals surface area (Å²) in [5.74, 6) is -0.272. The summed E-state index contributed by atoms with van der Waals surface area (Å²) >= 11 is 0. The lowest BCUT2D eigenvalue weighted by Gasteiger charge is -2.20. The van der Waals surface area contributed by atoms with E-state index in [1.54, 1.807) is 13.0 Å². The number of benzene rings is 1. The van der Waals surface area contributed by atoms with E-state index in [1.165, 1.54) is 12.1 Å². The molecule has 20 heavy (non-hydrogen) atoms. The molecule has 0 aromatic heterocycles. The molecule has 0 atom stereocenters. The van der Waals surface area contributed by atoms with Crippen LogP contribution in [0.15, 0.2) is 24.3 Å². The summed E-state index contributed by atoms with van der Waals surface area (Å²) in [7, 11) is 0. The van der Waals surface area contributed by atoms with Gasteiger partial charge < -0.3 is 4.74 Å².